The molecule has 1 saturated heterocycles. The van der Waals surface area contributed by atoms with Crippen molar-refractivity contribution in [1.82, 2.24) is 9.78 Å². The van der Waals surface area contributed by atoms with Crippen molar-refractivity contribution >= 4 is 23.5 Å². The highest BCUT2D eigenvalue weighted by molar-refractivity contribution is 6.01. The van der Waals surface area contributed by atoms with Crippen molar-refractivity contribution in [3.8, 4) is 0 Å². The Morgan fingerprint density at radius 3 is 2.72 bits per heavy atom. The van der Waals surface area contributed by atoms with E-state index < -0.39 is 0 Å². The molecule has 6 heteroatoms. The first kappa shape index (κ1) is 20.5. The van der Waals surface area contributed by atoms with Crippen LogP contribution in [0.5, 0.6) is 0 Å². The Balaban J connectivity index is 1.25. The van der Waals surface area contributed by atoms with Gasteiger partial charge in [-0.1, -0.05) is 36.4 Å². The number of aryl methyl sites for hydroxylation is 1. The monoisotopic (exact) mass is 428 g/mol. The summed E-state index contributed by atoms with van der Waals surface area (Å²) in [6, 6.07) is 18.8. The van der Waals surface area contributed by atoms with Crippen LogP contribution in [0.4, 0.5) is 11.5 Å². The van der Waals surface area contributed by atoms with E-state index in [1.807, 2.05) is 29.0 Å². The number of morpholine rings is 1. The van der Waals surface area contributed by atoms with Crippen molar-refractivity contribution in [1.29, 1.82) is 0 Å². The molecular formula is C26H28N4O2. The molecule has 0 spiro atoms. The molecule has 0 saturated carbocycles. The number of amides is 1. The second-order valence-corrected chi connectivity index (χ2v) is 8.28. The molecule has 2 heterocycles. The minimum absolute atomic E-state index is 0.155. The van der Waals surface area contributed by atoms with Gasteiger partial charge in [0, 0.05) is 30.9 Å². The third-order valence-corrected chi connectivity index (χ3v) is 6.25. The molecule has 5 rings (SSSR count). The van der Waals surface area contributed by atoms with E-state index in [9.17, 15) is 4.79 Å². The second-order valence-electron chi connectivity index (χ2n) is 8.28. The van der Waals surface area contributed by atoms with Crippen LogP contribution in [-0.4, -0.2) is 42.0 Å². The molecule has 3 aromatic rings. The lowest BCUT2D eigenvalue weighted by Gasteiger charge is -2.28. The fraction of sp³-hybridized carbons (Fsp3) is 0.308. The number of fused-ring (bicyclic) bond motifs is 1. The molecule has 1 amide bonds. The van der Waals surface area contributed by atoms with Crippen LogP contribution in [0.25, 0.3) is 6.08 Å². The Morgan fingerprint density at radius 2 is 1.88 bits per heavy atom. The van der Waals surface area contributed by atoms with Crippen molar-refractivity contribution in [2.45, 2.75) is 25.3 Å². The third-order valence-electron chi connectivity index (χ3n) is 6.25. The fourth-order valence-corrected chi connectivity index (χ4v) is 4.60. The summed E-state index contributed by atoms with van der Waals surface area (Å²) in [6.45, 7) is 3.36. The third kappa shape index (κ3) is 4.46. The van der Waals surface area contributed by atoms with E-state index in [4.69, 9.17) is 4.74 Å². The number of anilines is 2. The molecule has 1 aromatic heterocycles. The normalized spacial score (nSPS) is 18.5. The fourth-order valence-electron chi connectivity index (χ4n) is 4.60. The van der Waals surface area contributed by atoms with Crippen molar-refractivity contribution in [3.63, 3.8) is 0 Å². The molecule has 2 aromatic carbocycles. The number of rotatable bonds is 5. The molecule has 1 atom stereocenters. The summed E-state index contributed by atoms with van der Waals surface area (Å²) in [5, 5.41) is 7.53. The van der Waals surface area contributed by atoms with Gasteiger partial charge in [-0.25, -0.2) is 4.68 Å². The maximum absolute atomic E-state index is 12.6. The van der Waals surface area contributed by atoms with Gasteiger partial charge in [0.2, 0.25) is 5.91 Å². The Bertz CT molecular complexity index is 1100. The van der Waals surface area contributed by atoms with Gasteiger partial charge in [-0.3, -0.25) is 4.79 Å². The maximum atomic E-state index is 12.6. The van der Waals surface area contributed by atoms with E-state index in [0.29, 0.717) is 0 Å². The SMILES string of the molecule is O=C(C=Cc1ccc(N2CCOCC2)cc1)Nc1ccnn1C1CCCc2ccccc21. The summed E-state index contributed by atoms with van der Waals surface area (Å²) in [5.74, 6) is 0.567. The predicted molar refractivity (Wildman–Crippen MR) is 127 cm³/mol. The minimum atomic E-state index is -0.159. The van der Waals surface area contributed by atoms with Gasteiger partial charge in [0.05, 0.1) is 25.5 Å². The highest BCUT2D eigenvalue weighted by atomic mass is 16.5. The minimum Gasteiger partial charge on any atom is -0.378 e. The molecule has 1 aliphatic carbocycles. The van der Waals surface area contributed by atoms with Gasteiger partial charge in [-0.2, -0.15) is 5.10 Å². The van der Waals surface area contributed by atoms with Crippen LogP contribution in [0.15, 0.2) is 66.9 Å². The molecule has 1 fully saturated rings. The lowest BCUT2D eigenvalue weighted by atomic mass is 9.88. The molecule has 0 radical (unpaired) electrons. The number of carbonyl (C=O) groups excluding carboxylic acids is 1. The van der Waals surface area contributed by atoms with Gasteiger partial charge < -0.3 is 15.0 Å². The standard InChI is InChI=1S/C26H28N4O2/c31-26(13-10-20-8-11-22(12-9-20)29-16-18-32-19-17-29)28-25-14-15-27-30(25)24-7-3-5-21-4-1-2-6-23(21)24/h1-2,4,6,8-15,24H,3,5,7,16-19H2,(H,28,31). The van der Waals surface area contributed by atoms with E-state index in [-0.39, 0.29) is 11.9 Å². The first-order valence-corrected chi connectivity index (χ1v) is 11.3. The highest BCUT2D eigenvalue weighted by Crippen LogP contribution is 2.34. The second kappa shape index (κ2) is 9.40. The van der Waals surface area contributed by atoms with Gasteiger partial charge in [0.1, 0.15) is 5.82 Å². The number of benzene rings is 2. The van der Waals surface area contributed by atoms with Gasteiger partial charge >= 0.3 is 0 Å². The van der Waals surface area contributed by atoms with Crippen molar-refractivity contribution < 1.29 is 9.53 Å². The van der Waals surface area contributed by atoms with Crippen LogP contribution < -0.4 is 10.2 Å². The molecule has 1 aliphatic heterocycles. The van der Waals surface area contributed by atoms with Gasteiger partial charge in [-0.15, -0.1) is 0 Å². The van der Waals surface area contributed by atoms with Gasteiger partial charge in [0.15, 0.2) is 0 Å². The maximum Gasteiger partial charge on any atom is 0.249 e. The smallest absolute Gasteiger partial charge is 0.249 e. The van der Waals surface area contributed by atoms with Crippen LogP contribution >= 0.6 is 0 Å². The number of carbonyl (C=O) groups is 1. The average Bonchev–Trinajstić information content (AvgIpc) is 3.31. The first-order chi connectivity index (χ1) is 15.8. The van der Waals surface area contributed by atoms with E-state index in [1.165, 1.54) is 16.8 Å². The molecule has 6 nitrogen and oxygen atoms in total. The Labute approximate surface area is 188 Å². The van der Waals surface area contributed by atoms with Crippen LogP contribution in [0, 0.1) is 0 Å². The lowest BCUT2D eigenvalue weighted by molar-refractivity contribution is -0.111. The van der Waals surface area contributed by atoms with Crippen molar-refractivity contribution in [2.24, 2.45) is 0 Å². The van der Waals surface area contributed by atoms with Crippen LogP contribution in [0.3, 0.4) is 0 Å². The summed E-state index contributed by atoms with van der Waals surface area (Å²) >= 11 is 0. The Kier molecular flexibility index (Phi) is 6.03. The summed E-state index contributed by atoms with van der Waals surface area (Å²) in [7, 11) is 0. The lowest BCUT2D eigenvalue weighted by Crippen LogP contribution is -2.36. The van der Waals surface area contributed by atoms with Crippen LogP contribution in [0.2, 0.25) is 0 Å². The molecule has 32 heavy (non-hydrogen) atoms. The van der Waals surface area contributed by atoms with Gasteiger partial charge in [0.25, 0.3) is 0 Å². The predicted octanol–water partition coefficient (Wildman–Crippen LogP) is 4.30. The highest BCUT2D eigenvalue weighted by Gasteiger charge is 2.23. The van der Waals surface area contributed by atoms with E-state index in [2.05, 4.69) is 51.7 Å². The molecule has 1 N–H and O–H groups in total. The first-order valence-electron chi connectivity index (χ1n) is 11.3. The summed E-state index contributed by atoms with van der Waals surface area (Å²) < 4.78 is 7.36. The molecule has 0 bridgehead atoms. The molecular weight excluding hydrogens is 400 g/mol. The topological polar surface area (TPSA) is 59.4 Å². The number of nitrogens with zero attached hydrogens (tertiary/aromatic N) is 3. The Hall–Kier alpha value is -3.38. The number of hydrogen-bond acceptors (Lipinski definition) is 4. The van der Waals surface area contributed by atoms with E-state index >= 15 is 0 Å². The number of aromatic nitrogens is 2. The Morgan fingerprint density at radius 1 is 1.06 bits per heavy atom. The summed E-state index contributed by atoms with van der Waals surface area (Å²) in [4.78, 5) is 14.9. The van der Waals surface area contributed by atoms with Crippen LogP contribution in [-0.2, 0) is 16.0 Å². The zero-order valence-corrected chi connectivity index (χ0v) is 18.1. The molecule has 2 aliphatic rings. The number of nitrogens with one attached hydrogen (secondary N) is 1. The summed E-state index contributed by atoms with van der Waals surface area (Å²) in [6.07, 6.45) is 8.41. The van der Waals surface area contributed by atoms with Gasteiger partial charge in [-0.05, 0) is 54.2 Å². The summed E-state index contributed by atoms with van der Waals surface area (Å²) in [5.41, 5.74) is 4.85. The number of hydrogen-bond donors (Lipinski definition) is 1. The van der Waals surface area contributed by atoms with E-state index in [0.717, 1.165) is 56.9 Å². The molecule has 1 unspecified atom stereocenters. The average molecular weight is 429 g/mol. The van der Waals surface area contributed by atoms with E-state index in [1.54, 1.807) is 12.3 Å². The van der Waals surface area contributed by atoms with Crippen molar-refractivity contribution in [2.75, 3.05) is 36.5 Å². The largest absolute Gasteiger partial charge is 0.378 e. The zero-order valence-electron chi connectivity index (χ0n) is 18.1. The molecule has 164 valence electrons. The van der Waals surface area contributed by atoms with Crippen LogP contribution in [0.1, 0.15) is 35.6 Å². The quantitative estimate of drug-likeness (QED) is 0.616. The zero-order chi connectivity index (χ0) is 21.8. The number of ether oxygens (including phenoxy) is 1. The van der Waals surface area contributed by atoms with Crippen molar-refractivity contribution in [3.05, 3.63) is 83.6 Å².